The summed E-state index contributed by atoms with van der Waals surface area (Å²) in [6.07, 6.45) is 1.03. The van der Waals surface area contributed by atoms with E-state index in [1.54, 1.807) is 0 Å². The second-order valence-corrected chi connectivity index (χ2v) is 5.46. The van der Waals surface area contributed by atoms with Crippen LogP contribution in [0.3, 0.4) is 0 Å². The number of hydrogen-bond acceptors (Lipinski definition) is 4. The predicted octanol–water partition coefficient (Wildman–Crippen LogP) is 0.885. The van der Waals surface area contributed by atoms with E-state index in [1.165, 1.54) is 18.2 Å². The summed E-state index contributed by atoms with van der Waals surface area (Å²) in [6, 6.07) is 4.04. The minimum absolute atomic E-state index is 0.0395. The Labute approximate surface area is 93.0 Å². The molecule has 0 saturated carbocycles. The number of nitrogens with two attached hydrogens (primary N) is 1. The minimum Gasteiger partial charge on any atom is -0.324 e. The Morgan fingerprint density at radius 3 is 2.53 bits per heavy atom. The first-order valence-electron chi connectivity index (χ1n) is 4.09. The third-order valence-corrected chi connectivity index (χ3v) is 3.22. The molecule has 1 rings (SSSR count). The van der Waals surface area contributed by atoms with Gasteiger partial charge in [0, 0.05) is 16.8 Å². The van der Waals surface area contributed by atoms with Crippen molar-refractivity contribution in [1.82, 2.24) is 0 Å². The molecule has 0 heterocycles. The molecular weight excluding hydrogens is 238 g/mol. The van der Waals surface area contributed by atoms with Crippen LogP contribution in [0.4, 0.5) is 0 Å². The zero-order valence-corrected chi connectivity index (χ0v) is 9.60. The van der Waals surface area contributed by atoms with E-state index >= 15 is 0 Å². The lowest BCUT2D eigenvalue weighted by Gasteiger charge is -2.06. The summed E-state index contributed by atoms with van der Waals surface area (Å²) < 4.78 is 22.7. The fourth-order valence-corrected chi connectivity index (χ4v) is 2.21. The SMILES string of the molecule is CS(=O)(=O)c1ccc(Cl)cc1C(=O)CN. The first-order valence-corrected chi connectivity index (χ1v) is 6.36. The summed E-state index contributed by atoms with van der Waals surface area (Å²) in [4.78, 5) is 11.3. The van der Waals surface area contributed by atoms with Gasteiger partial charge in [0.05, 0.1) is 11.4 Å². The van der Waals surface area contributed by atoms with E-state index in [9.17, 15) is 13.2 Å². The molecule has 1 aromatic carbocycles. The number of carbonyl (C=O) groups excluding carboxylic acids is 1. The van der Waals surface area contributed by atoms with Crippen molar-refractivity contribution in [1.29, 1.82) is 0 Å². The maximum atomic E-state index is 11.4. The zero-order chi connectivity index (χ0) is 11.6. The van der Waals surface area contributed by atoms with Gasteiger partial charge in [-0.15, -0.1) is 0 Å². The van der Waals surface area contributed by atoms with Crippen LogP contribution in [0, 0.1) is 0 Å². The van der Waals surface area contributed by atoms with Crippen LogP contribution in [0.15, 0.2) is 23.1 Å². The van der Waals surface area contributed by atoms with Gasteiger partial charge in [-0.05, 0) is 18.2 Å². The molecule has 0 saturated heterocycles. The van der Waals surface area contributed by atoms with E-state index in [-0.39, 0.29) is 17.0 Å². The molecule has 0 aromatic heterocycles. The van der Waals surface area contributed by atoms with Gasteiger partial charge in [-0.3, -0.25) is 4.79 Å². The van der Waals surface area contributed by atoms with E-state index in [0.717, 1.165) is 6.26 Å². The molecule has 1 aromatic rings. The minimum atomic E-state index is -3.44. The molecule has 0 aliphatic carbocycles. The number of carbonyl (C=O) groups is 1. The molecule has 0 aliphatic heterocycles. The average Bonchev–Trinajstić information content (AvgIpc) is 2.14. The Kier molecular flexibility index (Phi) is 3.49. The smallest absolute Gasteiger partial charge is 0.177 e. The normalized spacial score (nSPS) is 11.4. The number of benzene rings is 1. The molecule has 6 heteroatoms. The second-order valence-electron chi connectivity index (χ2n) is 3.04. The topological polar surface area (TPSA) is 77.2 Å². The Balaban J connectivity index is 3.47. The number of halogens is 1. The van der Waals surface area contributed by atoms with Crippen molar-refractivity contribution in [3.63, 3.8) is 0 Å². The predicted molar refractivity (Wildman–Crippen MR) is 57.9 cm³/mol. The van der Waals surface area contributed by atoms with Crippen molar-refractivity contribution in [3.8, 4) is 0 Å². The van der Waals surface area contributed by atoms with Gasteiger partial charge in [0.1, 0.15) is 0 Å². The molecule has 2 N–H and O–H groups in total. The maximum Gasteiger partial charge on any atom is 0.177 e. The summed E-state index contributed by atoms with van der Waals surface area (Å²) in [6.45, 7) is -0.247. The quantitative estimate of drug-likeness (QED) is 0.805. The Morgan fingerprint density at radius 1 is 1.47 bits per heavy atom. The molecule has 0 aliphatic rings. The average molecular weight is 248 g/mol. The summed E-state index contributed by atoms with van der Waals surface area (Å²) in [5, 5.41) is 0.305. The third-order valence-electron chi connectivity index (χ3n) is 1.83. The van der Waals surface area contributed by atoms with Gasteiger partial charge >= 0.3 is 0 Å². The molecule has 0 amide bonds. The van der Waals surface area contributed by atoms with Gasteiger partial charge in [0.2, 0.25) is 0 Å². The summed E-state index contributed by atoms with van der Waals surface area (Å²) in [5.74, 6) is -0.446. The Morgan fingerprint density at radius 2 is 2.07 bits per heavy atom. The van der Waals surface area contributed by atoms with Gasteiger partial charge in [-0.25, -0.2) is 8.42 Å². The largest absolute Gasteiger partial charge is 0.324 e. The van der Waals surface area contributed by atoms with Gasteiger partial charge in [0.25, 0.3) is 0 Å². The van der Waals surface area contributed by atoms with Crippen molar-refractivity contribution in [3.05, 3.63) is 28.8 Å². The fourth-order valence-electron chi connectivity index (χ4n) is 1.15. The maximum absolute atomic E-state index is 11.4. The Bertz CT molecular complexity index is 496. The summed E-state index contributed by atoms with van der Waals surface area (Å²) in [5.41, 5.74) is 5.23. The lowest BCUT2D eigenvalue weighted by molar-refractivity contribution is 0.0998. The summed E-state index contributed by atoms with van der Waals surface area (Å²) >= 11 is 5.68. The zero-order valence-electron chi connectivity index (χ0n) is 8.03. The van der Waals surface area contributed by atoms with E-state index < -0.39 is 15.6 Å². The van der Waals surface area contributed by atoms with Crippen LogP contribution >= 0.6 is 11.6 Å². The lowest BCUT2D eigenvalue weighted by atomic mass is 10.1. The van der Waals surface area contributed by atoms with Crippen LogP contribution < -0.4 is 5.73 Å². The van der Waals surface area contributed by atoms with Crippen LogP contribution in [-0.4, -0.2) is 27.0 Å². The molecule has 0 fully saturated rings. The van der Waals surface area contributed by atoms with Crippen molar-refractivity contribution >= 4 is 27.2 Å². The highest BCUT2D eigenvalue weighted by molar-refractivity contribution is 7.90. The fraction of sp³-hybridized carbons (Fsp3) is 0.222. The molecule has 4 nitrogen and oxygen atoms in total. The number of hydrogen-bond donors (Lipinski definition) is 1. The van der Waals surface area contributed by atoms with Crippen LogP contribution in [-0.2, 0) is 9.84 Å². The number of rotatable bonds is 3. The van der Waals surface area contributed by atoms with Gasteiger partial charge < -0.3 is 5.73 Å². The van der Waals surface area contributed by atoms with Crippen molar-refractivity contribution in [2.24, 2.45) is 5.73 Å². The van der Waals surface area contributed by atoms with Gasteiger partial charge in [-0.1, -0.05) is 11.6 Å². The van der Waals surface area contributed by atoms with Crippen LogP contribution in [0.25, 0.3) is 0 Å². The van der Waals surface area contributed by atoms with Crippen LogP contribution in [0.2, 0.25) is 5.02 Å². The number of ketones is 1. The third kappa shape index (κ3) is 2.77. The first kappa shape index (κ1) is 12.2. The van der Waals surface area contributed by atoms with Crippen molar-refractivity contribution < 1.29 is 13.2 Å². The molecule has 0 radical (unpaired) electrons. The van der Waals surface area contributed by atoms with Crippen molar-refractivity contribution in [2.45, 2.75) is 4.90 Å². The van der Waals surface area contributed by atoms with E-state index in [4.69, 9.17) is 17.3 Å². The van der Waals surface area contributed by atoms with Crippen LogP contribution in [0.5, 0.6) is 0 Å². The van der Waals surface area contributed by atoms with Crippen LogP contribution in [0.1, 0.15) is 10.4 Å². The Hall–Kier alpha value is -0.910. The lowest BCUT2D eigenvalue weighted by Crippen LogP contribution is -2.17. The van der Waals surface area contributed by atoms with E-state index in [0.29, 0.717) is 5.02 Å². The van der Waals surface area contributed by atoms with Gasteiger partial charge in [-0.2, -0.15) is 0 Å². The number of Topliss-reactive ketones (excluding diaryl/α,β-unsaturated/α-hetero) is 1. The molecule has 82 valence electrons. The highest BCUT2D eigenvalue weighted by atomic mass is 35.5. The van der Waals surface area contributed by atoms with Gasteiger partial charge in [0.15, 0.2) is 15.6 Å². The monoisotopic (exact) mass is 247 g/mol. The molecule has 15 heavy (non-hydrogen) atoms. The summed E-state index contributed by atoms with van der Waals surface area (Å²) in [7, 11) is -3.44. The molecule has 0 unspecified atom stereocenters. The van der Waals surface area contributed by atoms with E-state index in [1.807, 2.05) is 0 Å². The van der Waals surface area contributed by atoms with E-state index in [2.05, 4.69) is 0 Å². The number of sulfone groups is 1. The first-order chi connectivity index (χ1) is 6.86. The highest BCUT2D eigenvalue weighted by Crippen LogP contribution is 2.20. The molecular formula is C9H10ClNO3S. The molecule has 0 atom stereocenters. The standard InChI is InChI=1S/C9H10ClNO3S/c1-15(13,14)9-3-2-6(10)4-7(9)8(12)5-11/h2-4H,5,11H2,1H3. The molecule has 0 bridgehead atoms. The highest BCUT2D eigenvalue weighted by Gasteiger charge is 2.17. The van der Waals surface area contributed by atoms with Crippen molar-refractivity contribution in [2.75, 3.05) is 12.8 Å². The molecule has 0 spiro atoms. The second kappa shape index (κ2) is 4.30.